The molecule has 0 radical (unpaired) electrons. The number of carbonyl (C=O) groups is 2. The van der Waals surface area contributed by atoms with Crippen LogP contribution < -0.4 is 5.30 Å². The van der Waals surface area contributed by atoms with Gasteiger partial charge in [-0.3, -0.25) is 0 Å². The monoisotopic (exact) mass is 314 g/mol. The van der Waals surface area contributed by atoms with Gasteiger partial charge in [0.1, 0.15) is 0 Å². The van der Waals surface area contributed by atoms with Gasteiger partial charge in [-0.1, -0.05) is 0 Å². The summed E-state index contributed by atoms with van der Waals surface area (Å²) in [6.07, 6.45) is 0. The van der Waals surface area contributed by atoms with Gasteiger partial charge in [0.05, 0.1) is 0 Å². The standard InChI is InChI=1S/C11H10NO4PS2/c13-9-6-12-7-10(14)16-17(12,15-9,11(18)19)8-4-2-1-3-5-8/h1-5H,6-7H2,(H,18,19)/p-1. The van der Waals surface area contributed by atoms with Crippen LogP contribution in [0.15, 0.2) is 30.3 Å². The van der Waals surface area contributed by atoms with Gasteiger partial charge in [0.15, 0.2) is 0 Å². The van der Waals surface area contributed by atoms with Crippen molar-refractivity contribution < 1.29 is 18.6 Å². The summed E-state index contributed by atoms with van der Waals surface area (Å²) in [5, 5.41) is 0.560. The van der Waals surface area contributed by atoms with E-state index in [1.165, 1.54) is 0 Å². The molecule has 0 N–H and O–H groups in total. The zero-order chi connectivity index (χ0) is 13.7. The van der Waals surface area contributed by atoms with Crippen LogP contribution in [0.2, 0.25) is 0 Å². The molecular weight excluding hydrogens is 305 g/mol. The molecule has 0 saturated carbocycles. The van der Waals surface area contributed by atoms with Crippen LogP contribution in [0.25, 0.3) is 0 Å². The molecular formula is C11H9NO4PS2-. The minimum absolute atomic E-state index is 0.00565. The summed E-state index contributed by atoms with van der Waals surface area (Å²) in [6.45, 7) is -0.0650. The van der Waals surface area contributed by atoms with Crippen molar-refractivity contribution in [3.8, 4) is 0 Å². The number of hydrogen-bond acceptors (Lipinski definition) is 7. The number of carbonyl (C=O) groups excluding carboxylic acids is 2. The van der Waals surface area contributed by atoms with E-state index in [0.717, 1.165) is 0 Å². The number of fused-ring (bicyclic) bond motifs is 1. The predicted molar refractivity (Wildman–Crippen MR) is 76.7 cm³/mol. The third-order valence-electron chi connectivity index (χ3n) is 3.21. The molecule has 1 aromatic carbocycles. The molecule has 3 rings (SSSR count). The molecule has 0 spiro atoms. The average Bonchev–Trinajstić information content (AvgIpc) is 2.79. The molecule has 0 bridgehead atoms. The molecule has 100 valence electrons. The summed E-state index contributed by atoms with van der Waals surface area (Å²) in [4.78, 5) is 23.4. The van der Waals surface area contributed by atoms with E-state index in [1.807, 2.05) is 6.07 Å². The number of thiocarbonyl (C=S) groups is 1. The molecule has 2 aliphatic heterocycles. The SMILES string of the molecule is O=C1CN2CC(=O)OP2(C(=S)[S-])(c2ccccc2)O1. The Labute approximate surface area is 120 Å². The van der Waals surface area contributed by atoms with Gasteiger partial charge in [-0.15, -0.1) is 0 Å². The van der Waals surface area contributed by atoms with E-state index >= 15 is 0 Å². The second kappa shape index (κ2) is 3.93. The zero-order valence-electron chi connectivity index (χ0n) is 9.64. The number of hydrogen-bond donors (Lipinski definition) is 0. The summed E-state index contributed by atoms with van der Waals surface area (Å²) in [6, 6.07) is 8.79. The third kappa shape index (κ3) is 1.44. The first-order chi connectivity index (χ1) is 8.98. The molecule has 2 fully saturated rings. The van der Waals surface area contributed by atoms with Crippen LogP contribution in [0, 0.1) is 0 Å². The van der Waals surface area contributed by atoms with Crippen molar-refractivity contribution in [1.29, 1.82) is 0 Å². The molecule has 0 unspecified atom stereocenters. The summed E-state index contributed by atoms with van der Waals surface area (Å²) >= 11 is 10.3. The fourth-order valence-corrected chi connectivity index (χ4v) is 7.92. The Morgan fingerprint density at radius 1 is 1.16 bits per heavy atom. The van der Waals surface area contributed by atoms with Crippen LogP contribution in [-0.4, -0.2) is 33.6 Å². The Morgan fingerprint density at radius 2 is 1.68 bits per heavy atom. The Balaban J connectivity index is 2.32. The van der Waals surface area contributed by atoms with E-state index in [1.54, 1.807) is 28.9 Å². The van der Waals surface area contributed by atoms with Gasteiger partial charge in [0.2, 0.25) is 0 Å². The molecule has 19 heavy (non-hydrogen) atoms. The van der Waals surface area contributed by atoms with Crippen LogP contribution in [0.4, 0.5) is 0 Å². The Bertz CT molecular complexity index is 586. The predicted octanol–water partition coefficient (Wildman–Crippen LogP) is 0.858. The van der Waals surface area contributed by atoms with E-state index in [2.05, 4.69) is 0 Å². The van der Waals surface area contributed by atoms with Crippen LogP contribution in [0.3, 0.4) is 0 Å². The van der Waals surface area contributed by atoms with E-state index in [9.17, 15) is 9.59 Å². The van der Waals surface area contributed by atoms with Crippen molar-refractivity contribution in [1.82, 2.24) is 4.67 Å². The number of rotatable bonds is 2. The summed E-state index contributed by atoms with van der Waals surface area (Å²) in [5.41, 5.74) is 0. The summed E-state index contributed by atoms with van der Waals surface area (Å²) in [7, 11) is -4.04. The topological polar surface area (TPSA) is 55.8 Å². The minimum atomic E-state index is -4.04. The normalized spacial score (nSPS) is 25.8. The molecule has 1 aromatic rings. The molecule has 5 nitrogen and oxygen atoms in total. The summed E-state index contributed by atoms with van der Waals surface area (Å²) in [5.74, 6) is -0.942. The molecule has 0 amide bonds. The number of nitrogens with zero attached hydrogens (tertiary/aromatic N) is 1. The first kappa shape index (κ1) is 12.9. The molecule has 2 saturated heterocycles. The van der Waals surface area contributed by atoms with Crippen molar-refractivity contribution in [3.63, 3.8) is 0 Å². The maximum atomic E-state index is 11.7. The Hall–Kier alpha value is -1.14. The molecule has 0 aliphatic carbocycles. The van der Waals surface area contributed by atoms with Crippen molar-refractivity contribution >= 4 is 53.2 Å². The average molecular weight is 314 g/mol. The van der Waals surface area contributed by atoms with Crippen molar-refractivity contribution in [2.24, 2.45) is 0 Å². The molecule has 0 aromatic heterocycles. The van der Waals surface area contributed by atoms with Crippen molar-refractivity contribution in [2.45, 2.75) is 0 Å². The van der Waals surface area contributed by atoms with E-state index in [4.69, 9.17) is 33.9 Å². The van der Waals surface area contributed by atoms with Crippen LogP contribution in [0.5, 0.6) is 0 Å². The first-order valence-electron chi connectivity index (χ1n) is 5.49. The fraction of sp³-hybridized carbons (Fsp3) is 0.182. The van der Waals surface area contributed by atoms with Gasteiger partial charge in [-0.2, -0.15) is 0 Å². The maximum absolute atomic E-state index is 11.7. The third-order valence-corrected chi connectivity index (χ3v) is 9.39. The molecule has 8 heteroatoms. The zero-order valence-corrected chi connectivity index (χ0v) is 12.2. The second-order valence-electron chi connectivity index (χ2n) is 4.27. The summed E-state index contributed by atoms with van der Waals surface area (Å²) < 4.78 is 12.6. The van der Waals surface area contributed by atoms with Crippen LogP contribution in [-0.2, 0) is 31.3 Å². The second-order valence-corrected chi connectivity index (χ2v) is 9.67. The van der Waals surface area contributed by atoms with Gasteiger partial charge in [-0.05, 0) is 0 Å². The Morgan fingerprint density at radius 3 is 2.16 bits per heavy atom. The number of benzene rings is 1. The van der Waals surface area contributed by atoms with Crippen LogP contribution in [0.1, 0.15) is 0 Å². The van der Waals surface area contributed by atoms with Crippen LogP contribution >= 0.6 is 19.4 Å². The quantitative estimate of drug-likeness (QED) is 0.456. The fourth-order valence-electron chi connectivity index (χ4n) is 2.44. The van der Waals surface area contributed by atoms with E-state index in [0.29, 0.717) is 5.30 Å². The van der Waals surface area contributed by atoms with Crippen molar-refractivity contribution in [3.05, 3.63) is 30.3 Å². The van der Waals surface area contributed by atoms with Gasteiger partial charge >= 0.3 is 120 Å². The molecule has 2 aliphatic rings. The van der Waals surface area contributed by atoms with E-state index < -0.39 is 19.1 Å². The van der Waals surface area contributed by atoms with Crippen molar-refractivity contribution in [2.75, 3.05) is 13.1 Å². The first-order valence-corrected chi connectivity index (χ1v) is 8.33. The van der Waals surface area contributed by atoms with E-state index in [-0.39, 0.29) is 17.0 Å². The van der Waals surface area contributed by atoms with Gasteiger partial charge in [0, 0.05) is 0 Å². The van der Waals surface area contributed by atoms with Gasteiger partial charge in [-0.25, -0.2) is 0 Å². The van der Waals surface area contributed by atoms with Gasteiger partial charge < -0.3 is 0 Å². The molecule has 2 heterocycles. The Kier molecular flexibility index (Phi) is 2.66. The van der Waals surface area contributed by atoms with Gasteiger partial charge in [0.25, 0.3) is 0 Å². The molecule has 0 atom stereocenters.